The Kier molecular flexibility index (Phi) is 5.13. The van der Waals surface area contributed by atoms with Gasteiger partial charge in [-0.1, -0.05) is 0 Å². The summed E-state index contributed by atoms with van der Waals surface area (Å²) >= 11 is 0. The van der Waals surface area contributed by atoms with Gasteiger partial charge in [0.1, 0.15) is 5.69 Å². The zero-order valence-electron chi connectivity index (χ0n) is 14.3. The second-order valence-corrected chi connectivity index (χ2v) is 5.90. The van der Waals surface area contributed by atoms with Crippen molar-refractivity contribution in [3.05, 3.63) is 43.2 Å². The fourth-order valence-electron chi connectivity index (χ4n) is 2.84. The molecule has 0 aromatic carbocycles. The van der Waals surface area contributed by atoms with Gasteiger partial charge in [-0.05, 0) is 12.1 Å². The topological polar surface area (TPSA) is 89.2 Å². The van der Waals surface area contributed by atoms with Crippen LogP contribution < -0.4 is 5.32 Å². The van der Waals surface area contributed by atoms with Crippen molar-refractivity contribution in [2.75, 3.05) is 44.7 Å². The zero-order valence-corrected chi connectivity index (χ0v) is 14.3. The van der Waals surface area contributed by atoms with Crippen molar-refractivity contribution in [2.24, 2.45) is 0 Å². The third-order valence-corrected chi connectivity index (χ3v) is 4.20. The lowest BCUT2D eigenvalue weighted by molar-refractivity contribution is 0.0398. The highest BCUT2D eigenvalue weighted by Gasteiger charge is 2.15. The Hall–Kier alpha value is -2.84. The zero-order chi connectivity index (χ0) is 17.6. The van der Waals surface area contributed by atoms with Crippen molar-refractivity contribution in [1.29, 1.82) is 0 Å². The number of rotatable bonds is 6. The van der Waals surface area contributed by atoms with Crippen molar-refractivity contribution in [3.63, 3.8) is 0 Å². The number of ether oxygens (including phenoxy) is 1. The predicted octanol–water partition coefficient (Wildman–Crippen LogP) is 1.94. The summed E-state index contributed by atoms with van der Waals surface area (Å²) in [6.45, 7) is 5.21. The minimum atomic E-state index is 0.567. The molecule has 3 aromatic heterocycles. The molecule has 0 amide bonds. The van der Waals surface area contributed by atoms with Crippen molar-refractivity contribution in [3.8, 4) is 22.7 Å². The number of nitrogens with zero attached hydrogens (tertiary/aromatic N) is 5. The fourth-order valence-corrected chi connectivity index (χ4v) is 2.84. The molecule has 3 aromatic rings. The van der Waals surface area contributed by atoms with Gasteiger partial charge >= 0.3 is 0 Å². The Labute approximate surface area is 151 Å². The largest absolute Gasteiger partial charge is 0.463 e. The van der Waals surface area contributed by atoms with Gasteiger partial charge in [-0.15, -0.1) is 0 Å². The maximum absolute atomic E-state index is 5.55. The molecule has 134 valence electrons. The number of hydrogen-bond acceptors (Lipinski definition) is 8. The summed E-state index contributed by atoms with van der Waals surface area (Å²) in [5.74, 6) is 1.24. The number of nitrogens with one attached hydrogen (secondary N) is 1. The quantitative estimate of drug-likeness (QED) is 0.720. The number of furan rings is 1. The average molecular weight is 352 g/mol. The van der Waals surface area contributed by atoms with Crippen molar-refractivity contribution in [2.45, 2.75) is 0 Å². The lowest BCUT2D eigenvalue weighted by Crippen LogP contribution is -2.39. The molecule has 0 aliphatic carbocycles. The third kappa shape index (κ3) is 3.87. The molecule has 1 aliphatic rings. The SMILES string of the molecule is c1coc(-c2nc(NCCN3CCOCC3)ncc2-c2cnccn2)c1. The van der Waals surface area contributed by atoms with Crippen LogP contribution in [0.3, 0.4) is 0 Å². The standard InChI is InChI=1S/C18H20N6O2/c1-2-16(26-9-1)17-14(15-13-19-3-4-20-15)12-22-18(23-17)21-5-6-24-7-10-25-11-8-24/h1-4,9,12-13H,5-8,10-11H2,(H,21,22,23). The summed E-state index contributed by atoms with van der Waals surface area (Å²) in [5, 5.41) is 3.29. The van der Waals surface area contributed by atoms with Gasteiger partial charge in [0.05, 0.1) is 31.4 Å². The molecule has 0 saturated carbocycles. The van der Waals surface area contributed by atoms with Crippen molar-refractivity contribution < 1.29 is 9.15 Å². The van der Waals surface area contributed by atoms with E-state index in [0.29, 0.717) is 23.1 Å². The molecular formula is C18H20N6O2. The van der Waals surface area contributed by atoms with Gasteiger partial charge in [0.25, 0.3) is 0 Å². The van der Waals surface area contributed by atoms with Gasteiger partial charge in [-0.3, -0.25) is 14.9 Å². The summed E-state index contributed by atoms with van der Waals surface area (Å²) in [6.07, 6.45) is 8.36. The minimum absolute atomic E-state index is 0.567. The molecule has 8 heteroatoms. The van der Waals surface area contributed by atoms with E-state index in [9.17, 15) is 0 Å². The first-order valence-electron chi connectivity index (χ1n) is 8.61. The van der Waals surface area contributed by atoms with E-state index in [1.54, 1.807) is 31.1 Å². The van der Waals surface area contributed by atoms with Gasteiger partial charge in [0, 0.05) is 50.3 Å². The number of aromatic nitrogens is 4. The van der Waals surface area contributed by atoms with Gasteiger partial charge in [-0.25, -0.2) is 9.97 Å². The molecule has 4 heterocycles. The molecule has 0 atom stereocenters. The van der Waals surface area contributed by atoms with E-state index in [4.69, 9.17) is 9.15 Å². The van der Waals surface area contributed by atoms with Crippen LogP contribution in [0.5, 0.6) is 0 Å². The first kappa shape index (κ1) is 16.6. The van der Waals surface area contributed by atoms with E-state index in [1.807, 2.05) is 12.1 Å². The summed E-state index contributed by atoms with van der Waals surface area (Å²) < 4.78 is 10.9. The van der Waals surface area contributed by atoms with Crippen LogP contribution in [0.4, 0.5) is 5.95 Å². The van der Waals surface area contributed by atoms with E-state index in [2.05, 4.69) is 30.2 Å². The molecule has 0 radical (unpaired) electrons. The van der Waals surface area contributed by atoms with Crippen LogP contribution in [-0.2, 0) is 4.74 Å². The minimum Gasteiger partial charge on any atom is -0.463 e. The fraction of sp³-hybridized carbons (Fsp3) is 0.333. The molecule has 8 nitrogen and oxygen atoms in total. The highest BCUT2D eigenvalue weighted by atomic mass is 16.5. The lowest BCUT2D eigenvalue weighted by Gasteiger charge is -2.26. The summed E-state index contributed by atoms with van der Waals surface area (Å²) in [5.41, 5.74) is 2.19. The second kappa shape index (κ2) is 8.03. The molecule has 0 bridgehead atoms. The molecule has 1 N–H and O–H groups in total. The van der Waals surface area contributed by atoms with Crippen LogP contribution in [0, 0.1) is 0 Å². The number of morpholine rings is 1. The van der Waals surface area contributed by atoms with Gasteiger partial charge in [-0.2, -0.15) is 0 Å². The second-order valence-electron chi connectivity index (χ2n) is 5.90. The maximum Gasteiger partial charge on any atom is 0.223 e. The predicted molar refractivity (Wildman–Crippen MR) is 96.5 cm³/mol. The van der Waals surface area contributed by atoms with Crippen LogP contribution >= 0.6 is 0 Å². The Morgan fingerprint density at radius 1 is 1.12 bits per heavy atom. The molecule has 1 saturated heterocycles. The normalized spacial score (nSPS) is 15.1. The summed E-state index contributed by atoms with van der Waals surface area (Å²) in [6, 6.07) is 3.71. The molecule has 26 heavy (non-hydrogen) atoms. The third-order valence-electron chi connectivity index (χ3n) is 4.20. The molecule has 1 fully saturated rings. The van der Waals surface area contributed by atoms with Crippen molar-refractivity contribution in [1.82, 2.24) is 24.8 Å². The van der Waals surface area contributed by atoms with Crippen LogP contribution in [0.2, 0.25) is 0 Å². The Bertz CT molecular complexity index is 819. The van der Waals surface area contributed by atoms with E-state index >= 15 is 0 Å². The maximum atomic E-state index is 5.55. The molecule has 4 rings (SSSR count). The van der Waals surface area contributed by atoms with Gasteiger partial charge < -0.3 is 14.5 Å². The smallest absolute Gasteiger partial charge is 0.223 e. The average Bonchev–Trinajstić information content (AvgIpc) is 3.24. The highest BCUT2D eigenvalue weighted by molar-refractivity contribution is 5.76. The van der Waals surface area contributed by atoms with Crippen LogP contribution in [0.25, 0.3) is 22.7 Å². The highest BCUT2D eigenvalue weighted by Crippen LogP contribution is 2.29. The van der Waals surface area contributed by atoms with Gasteiger partial charge in [0.15, 0.2) is 5.76 Å². The number of hydrogen-bond donors (Lipinski definition) is 1. The first-order valence-corrected chi connectivity index (χ1v) is 8.61. The molecule has 0 spiro atoms. The monoisotopic (exact) mass is 352 g/mol. The first-order chi connectivity index (χ1) is 12.9. The molecule has 0 unspecified atom stereocenters. The van der Waals surface area contributed by atoms with Gasteiger partial charge in [0.2, 0.25) is 5.95 Å². The van der Waals surface area contributed by atoms with Crippen LogP contribution in [0.1, 0.15) is 0 Å². The van der Waals surface area contributed by atoms with E-state index < -0.39 is 0 Å². The lowest BCUT2D eigenvalue weighted by atomic mass is 10.1. The van der Waals surface area contributed by atoms with Crippen LogP contribution in [0.15, 0.2) is 47.6 Å². The summed E-state index contributed by atoms with van der Waals surface area (Å²) in [4.78, 5) is 19.9. The Morgan fingerprint density at radius 2 is 2.04 bits per heavy atom. The Morgan fingerprint density at radius 3 is 2.81 bits per heavy atom. The summed E-state index contributed by atoms with van der Waals surface area (Å²) in [7, 11) is 0. The van der Waals surface area contributed by atoms with Crippen molar-refractivity contribution >= 4 is 5.95 Å². The molecule has 1 aliphatic heterocycles. The molecular weight excluding hydrogens is 332 g/mol. The Balaban J connectivity index is 1.52. The number of anilines is 1. The van der Waals surface area contributed by atoms with E-state index in [1.165, 1.54) is 0 Å². The van der Waals surface area contributed by atoms with Crippen LogP contribution in [-0.4, -0.2) is 64.2 Å². The van der Waals surface area contributed by atoms with E-state index in [0.717, 1.165) is 45.0 Å². The van der Waals surface area contributed by atoms with E-state index in [-0.39, 0.29) is 0 Å².